The van der Waals surface area contributed by atoms with Gasteiger partial charge in [0.2, 0.25) is 0 Å². The van der Waals surface area contributed by atoms with Gasteiger partial charge in [0.1, 0.15) is 5.82 Å². The van der Waals surface area contributed by atoms with Crippen molar-refractivity contribution in [1.82, 2.24) is 4.98 Å². The van der Waals surface area contributed by atoms with Crippen molar-refractivity contribution < 1.29 is 0 Å². The predicted octanol–water partition coefficient (Wildman–Crippen LogP) is 4.26. The van der Waals surface area contributed by atoms with Crippen LogP contribution in [0.4, 0.5) is 5.82 Å². The summed E-state index contributed by atoms with van der Waals surface area (Å²) in [6, 6.07) is 16.2. The lowest BCUT2D eigenvalue weighted by Crippen LogP contribution is -1.94. The number of nitrogens with zero attached hydrogens (tertiary/aromatic N) is 2. The molecule has 0 saturated heterocycles. The molecule has 1 aromatic carbocycles. The minimum Gasteiger partial charge on any atom is -0.237 e. The molecular formula is C11H8I2N2. The Morgan fingerprint density at radius 2 is 1.60 bits per heavy atom. The molecule has 0 atom stereocenters. The highest BCUT2D eigenvalue weighted by Gasteiger charge is 2.02. The molecule has 1 heterocycles. The van der Waals surface area contributed by atoms with E-state index in [0.717, 1.165) is 17.1 Å². The Morgan fingerprint density at radius 1 is 0.867 bits per heavy atom. The predicted molar refractivity (Wildman–Crippen MR) is 80.2 cm³/mol. The number of hydrogen-bond acceptors (Lipinski definition) is 2. The van der Waals surface area contributed by atoms with Crippen LogP contribution in [0, 0.1) is 0 Å². The van der Waals surface area contributed by atoms with Gasteiger partial charge in [0.05, 0.1) is 51.4 Å². The monoisotopic (exact) mass is 422 g/mol. The zero-order valence-corrected chi connectivity index (χ0v) is 12.1. The van der Waals surface area contributed by atoms with Crippen LogP contribution in [0.1, 0.15) is 0 Å². The third-order valence-corrected chi connectivity index (χ3v) is 2.97. The second kappa shape index (κ2) is 5.11. The third kappa shape index (κ3) is 2.81. The van der Waals surface area contributed by atoms with Gasteiger partial charge in [-0.3, -0.25) is 0 Å². The molecule has 0 N–H and O–H groups in total. The maximum atomic E-state index is 4.55. The quantitative estimate of drug-likeness (QED) is 0.532. The van der Waals surface area contributed by atoms with Crippen molar-refractivity contribution in [2.75, 3.05) is 1.33 Å². The summed E-state index contributed by atoms with van der Waals surface area (Å²) in [5, 5.41) is 0. The van der Waals surface area contributed by atoms with Gasteiger partial charge in [0, 0.05) is 5.56 Å². The van der Waals surface area contributed by atoms with Crippen LogP contribution in [0.3, 0.4) is 0 Å². The van der Waals surface area contributed by atoms with Gasteiger partial charge in [-0.05, 0) is 12.1 Å². The summed E-state index contributed by atoms with van der Waals surface area (Å²) >= 11 is 4.40. The van der Waals surface area contributed by atoms with Crippen LogP contribution in [0.15, 0.2) is 48.5 Å². The maximum absolute atomic E-state index is 4.55. The van der Waals surface area contributed by atoms with E-state index in [1.165, 1.54) is 0 Å². The second-order valence-corrected chi connectivity index (χ2v) is 6.76. The lowest BCUT2D eigenvalue weighted by molar-refractivity contribution is 1.32. The van der Waals surface area contributed by atoms with E-state index in [4.69, 9.17) is 0 Å². The molecule has 0 bridgehead atoms. The van der Waals surface area contributed by atoms with Crippen molar-refractivity contribution in [2.24, 2.45) is 0 Å². The Bertz CT molecular complexity index is 443. The van der Waals surface area contributed by atoms with Gasteiger partial charge in [-0.15, -0.1) is 0 Å². The summed E-state index contributed by atoms with van der Waals surface area (Å²) in [6.07, 6.45) is 0. The Hall–Kier alpha value is -0.370. The Morgan fingerprint density at radius 3 is 2.27 bits per heavy atom. The summed E-state index contributed by atoms with van der Waals surface area (Å²) in [5.74, 6) is 0.956. The average Bonchev–Trinajstić information content (AvgIpc) is 2.30. The Balaban J connectivity index is 2.42. The third-order valence-electron chi connectivity index (χ3n) is 1.98. The summed E-state index contributed by atoms with van der Waals surface area (Å²) < 4.78 is 1.95. The number of pyridine rings is 1. The van der Waals surface area contributed by atoms with E-state index in [9.17, 15) is 0 Å². The fraction of sp³-hybridized carbons (Fsp3) is 0. The van der Waals surface area contributed by atoms with Crippen molar-refractivity contribution in [3.05, 3.63) is 48.5 Å². The van der Waals surface area contributed by atoms with Crippen LogP contribution >= 0.6 is 45.7 Å². The molecule has 2 aromatic rings. The number of aromatic nitrogens is 1. The van der Waals surface area contributed by atoms with Crippen molar-refractivity contribution in [2.45, 2.75) is 0 Å². The molecule has 0 radical (unpaired) electrons. The van der Waals surface area contributed by atoms with Crippen molar-refractivity contribution in [3.8, 4) is 11.3 Å². The summed E-state index contributed by atoms with van der Waals surface area (Å²) in [4.78, 5) is 4.55. The molecule has 2 nitrogen and oxygen atoms in total. The molecule has 0 aliphatic carbocycles. The molecule has 0 aliphatic rings. The van der Waals surface area contributed by atoms with E-state index in [2.05, 4.69) is 62.8 Å². The summed E-state index contributed by atoms with van der Waals surface area (Å²) in [6.45, 7) is 0. The van der Waals surface area contributed by atoms with Crippen LogP contribution in [0.2, 0.25) is 0 Å². The topological polar surface area (TPSA) is 16.1 Å². The van der Waals surface area contributed by atoms with Crippen LogP contribution in [0.25, 0.3) is 11.3 Å². The lowest BCUT2D eigenvalue weighted by atomic mass is 10.1. The fourth-order valence-electron chi connectivity index (χ4n) is 1.29. The lowest BCUT2D eigenvalue weighted by Gasteiger charge is -2.07. The smallest absolute Gasteiger partial charge is 0.147 e. The number of rotatable bonds is 2. The molecular weight excluding hydrogens is 414 g/mol. The van der Waals surface area contributed by atoms with E-state index < -0.39 is 0 Å². The van der Waals surface area contributed by atoms with Gasteiger partial charge in [-0.1, -0.05) is 36.4 Å². The van der Waals surface area contributed by atoms with E-state index in [0.29, 0.717) is 0 Å². The first kappa shape index (κ1) is 11.1. The highest BCUT2D eigenvalue weighted by molar-refractivity contribution is 14.2. The van der Waals surface area contributed by atoms with E-state index in [-0.39, 0.29) is 0 Å². The highest BCUT2D eigenvalue weighted by Crippen LogP contribution is 2.24. The van der Waals surface area contributed by atoms with E-state index in [1.807, 2.05) is 37.7 Å². The molecule has 0 amide bonds. The first-order valence-corrected chi connectivity index (χ1v) is 6.34. The number of hydrogen-bond donors (Lipinski definition) is 0. The highest BCUT2D eigenvalue weighted by atomic mass is 127. The molecule has 0 fully saturated rings. The Kier molecular flexibility index (Phi) is 3.79. The molecule has 0 aliphatic heterocycles. The molecule has 15 heavy (non-hydrogen) atoms. The van der Waals surface area contributed by atoms with Gasteiger partial charge in [0.15, 0.2) is 0 Å². The fourth-order valence-corrected chi connectivity index (χ4v) is 1.82. The van der Waals surface area contributed by atoms with Crippen LogP contribution < -0.4 is 1.33 Å². The molecule has 0 spiro atoms. The minimum atomic E-state index is 0.956. The zero-order valence-electron chi connectivity index (χ0n) is 7.77. The summed E-state index contributed by atoms with van der Waals surface area (Å²) in [5.41, 5.74) is 2.15. The first-order chi connectivity index (χ1) is 7.27. The SMILES string of the molecule is IN(I)c1cccc(-c2ccccc2)n1. The van der Waals surface area contributed by atoms with Gasteiger partial charge in [-0.2, -0.15) is 0 Å². The van der Waals surface area contributed by atoms with Crippen LogP contribution in [-0.4, -0.2) is 4.98 Å². The van der Waals surface area contributed by atoms with Gasteiger partial charge in [-0.25, -0.2) is 6.31 Å². The van der Waals surface area contributed by atoms with Gasteiger partial charge >= 0.3 is 0 Å². The number of anilines is 1. The normalized spacial score (nSPS) is 10.0. The molecule has 1 aromatic heterocycles. The molecule has 2 rings (SSSR count). The average molecular weight is 422 g/mol. The van der Waals surface area contributed by atoms with E-state index >= 15 is 0 Å². The number of benzene rings is 1. The largest absolute Gasteiger partial charge is 0.237 e. The molecule has 76 valence electrons. The van der Waals surface area contributed by atoms with E-state index in [1.54, 1.807) is 0 Å². The van der Waals surface area contributed by atoms with Crippen LogP contribution in [0.5, 0.6) is 0 Å². The molecule has 4 heteroatoms. The van der Waals surface area contributed by atoms with Crippen molar-refractivity contribution in [3.63, 3.8) is 0 Å². The summed E-state index contributed by atoms with van der Waals surface area (Å²) in [7, 11) is 0. The molecule has 0 saturated carbocycles. The van der Waals surface area contributed by atoms with Crippen molar-refractivity contribution >= 4 is 51.5 Å². The standard InChI is InChI=1S/C11H8I2N2/c12-15(13)11-8-4-7-10(14-11)9-5-2-1-3-6-9/h1-8H. The van der Waals surface area contributed by atoms with Crippen LogP contribution in [-0.2, 0) is 0 Å². The Labute approximate surface area is 117 Å². The zero-order chi connectivity index (χ0) is 10.7. The first-order valence-electron chi connectivity index (χ1n) is 4.41. The van der Waals surface area contributed by atoms with Gasteiger partial charge in [0.25, 0.3) is 0 Å². The second-order valence-electron chi connectivity index (χ2n) is 2.98. The maximum Gasteiger partial charge on any atom is 0.147 e. The number of halogens is 2. The van der Waals surface area contributed by atoms with Crippen molar-refractivity contribution in [1.29, 1.82) is 0 Å². The van der Waals surface area contributed by atoms with Gasteiger partial charge < -0.3 is 0 Å². The molecule has 0 unspecified atom stereocenters. The minimum absolute atomic E-state index is 0.956.